The lowest BCUT2D eigenvalue weighted by molar-refractivity contribution is -0.149. The second-order valence-electron chi connectivity index (χ2n) is 7.03. The van der Waals surface area contributed by atoms with Crippen molar-refractivity contribution >= 4 is 11.9 Å². The molecule has 4 unspecified atom stereocenters. The zero-order valence-corrected chi connectivity index (χ0v) is 18.1. The minimum absolute atomic E-state index is 0.0310. The largest absolute Gasteiger partial charge is 0.465 e. The van der Waals surface area contributed by atoms with Crippen molar-refractivity contribution in [1.29, 1.82) is 0 Å². The van der Waals surface area contributed by atoms with Gasteiger partial charge in [0.1, 0.15) is 0 Å². The van der Waals surface area contributed by atoms with Gasteiger partial charge in [-0.05, 0) is 26.2 Å². The molecule has 0 aromatic rings. The average Bonchev–Trinajstić information content (AvgIpc) is 3.28. The predicted octanol–water partition coefficient (Wildman–Crippen LogP) is 1.38. The van der Waals surface area contributed by atoms with E-state index >= 15 is 0 Å². The Balaban J connectivity index is 0.000000460. The first-order valence-corrected chi connectivity index (χ1v) is 10.2. The number of hydrogen-bond acceptors (Lipinski definition) is 8. The van der Waals surface area contributed by atoms with Gasteiger partial charge in [-0.15, -0.1) is 0 Å². The maximum Gasteiger partial charge on any atom is 0.311 e. The molecule has 0 aliphatic carbocycles. The Morgan fingerprint density at radius 3 is 1.70 bits per heavy atom. The number of esters is 2. The Morgan fingerprint density at radius 1 is 0.926 bits per heavy atom. The maximum atomic E-state index is 11.5. The van der Waals surface area contributed by atoms with E-state index in [1.807, 2.05) is 48.5 Å². The number of hydrogen-bond donors (Lipinski definition) is 4. The number of carbonyl (C=O) groups excluding carboxylic acids is 2. The second kappa shape index (κ2) is 14.8. The van der Waals surface area contributed by atoms with Gasteiger partial charge in [-0.25, -0.2) is 0 Å². The van der Waals surface area contributed by atoms with E-state index in [9.17, 15) is 9.59 Å². The normalized spacial score (nSPS) is 26.5. The van der Waals surface area contributed by atoms with Crippen LogP contribution in [-0.2, 0) is 19.1 Å². The van der Waals surface area contributed by atoms with Gasteiger partial charge < -0.3 is 9.47 Å². The number of ether oxygens (including phenoxy) is 2. The smallest absolute Gasteiger partial charge is 0.311 e. The molecule has 0 bridgehead atoms. The van der Waals surface area contributed by atoms with Crippen molar-refractivity contribution in [2.75, 3.05) is 26.3 Å². The van der Waals surface area contributed by atoms with Crippen LogP contribution in [0.2, 0.25) is 0 Å². The molecule has 2 aliphatic rings. The molecule has 4 N–H and O–H groups in total. The minimum Gasteiger partial charge on any atom is -0.465 e. The van der Waals surface area contributed by atoms with Crippen LogP contribution < -0.4 is 21.7 Å². The minimum atomic E-state index is -0.0984. The van der Waals surface area contributed by atoms with E-state index in [1.54, 1.807) is 0 Å². The maximum absolute atomic E-state index is 11.5. The summed E-state index contributed by atoms with van der Waals surface area (Å²) in [4.78, 5) is 22.8. The molecule has 2 heterocycles. The van der Waals surface area contributed by atoms with Crippen LogP contribution in [-0.4, -0.2) is 50.3 Å². The van der Waals surface area contributed by atoms with Crippen LogP contribution in [0.4, 0.5) is 0 Å². The van der Waals surface area contributed by atoms with Gasteiger partial charge >= 0.3 is 11.9 Å². The number of rotatable bonds is 6. The molecular formula is C19H40N4O4. The summed E-state index contributed by atoms with van der Waals surface area (Å²) in [5, 5.41) is 0. The summed E-state index contributed by atoms with van der Waals surface area (Å²) in [5.41, 5.74) is 11.8. The van der Waals surface area contributed by atoms with Gasteiger partial charge in [0.25, 0.3) is 0 Å². The SMILES string of the molecule is CC.CC(C)COC(=O)C1CNNC1C.CCCOC(=O)C1CNNC1C. The molecule has 160 valence electrons. The Bertz CT molecular complexity index is 421. The molecule has 2 saturated heterocycles. The summed E-state index contributed by atoms with van der Waals surface area (Å²) in [6.45, 7) is 16.4. The Labute approximate surface area is 164 Å². The highest BCUT2D eigenvalue weighted by Crippen LogP contribution is 2.10. The van der Waals surface area contributed by atoms with Gasteiger partial charge in [-0.2, -0.15) is 0 Å². The second-order valence-corrected chi connectivity index (χ2v) is 7.03. The lowest BCUT2D eigenvalue weighted by Gasteiger charge is -2.13. The van der Waals surface area contributed by atoms with Crippen molar-refractivity contribution in [3.8, 4) is 0 Å². The van der Waals surface area contributed by atoms with Gasteiger partial charge in [0, 0.05) is 25.2 Å². The molecule has 0 aromatic carbocycles. The highest BCUT2D eigenvalue weighted by Gasteiger charge is 2.31. The fraction of sp³-hybridized carbons (Fsp3) is 0.895. The summed E-state index contributed by atoms with van der Waals surface area (Å²) in [7, 11) is 0. The molecular weight excluding hydrogens is 348 g/mol. The van der Waals surface area contributed by atoms with Crippen molar-refractivity contribution in [3.05, 3.63) is 0 Å². The third kappa shape index (κ3) is 10.0. The van der Waals surface area contributed by atoms with E-state index in [-0.39, 0.29) is 35.9 Å². The molecule has 8 nitrogen and oxygen atoms in total. The molecule has 0 radical (unpaired) electrons. The molecule has 0 amide bonds. The van der Waals surface area contributed by atoms with E-state index in [4.69, 9.17) is 9.47 Å². The van der Waals surface area contributed by atoms with Crippen LogP contribution in [0.1, 0.15) is 54.9 Å². The summed E-state index contributed by atoms with van der Waals surface area (Å²) in [6, 6.07) is 0.342. The molecule has 2 aliphatic heterocycles. The van der Waals surface area contributed by atoms with E-state index in [2.05, 4.69) is 21.7 Å². The first kappa shape index (κ1) is 25.8. The number of carbonyl (C=O) groups is 2. The molecule has 0 spiro atoms. The van der Waals surface area contributed by atoms with Crippen molar-refractivity contribution < 1.29 is 19.1 Å². The third-order valence-electron chi connectivity index (χ3n) is 4.12. The zero-order valence-electron chi connectivity index (χ0n) is 18.1. The third-order valence-corrected chi connectivity index (χ3v) is 4.12. The lowest BCUT2D eigenvalue weighted by atomic mass is 10.0. The first-order chi connectivity index (χ1) is 12.9. The summed E-state index contributed by atoms with van der Waals surface area (Å²) >= 11 is 0. The predicted molar refractivity (Wildman–Crippen MR) is 107 cm³/mol. The highest BCUT2D eigenvalue weighted by molar-refractivity contribution is 5.74. The fourth-order valence-corrected chi connectivity index (χ4v) is 2.45. The molecule has 4 atom stereocenters. The summed E-state index contributed by atoms with van der Waals surface area (Å²) < 4.78 is 10.2. The average molecular weight is 389 g/mol. The van der Waals surface area contributed by atoms with E-state index in [1.165, 1.54) is 0 Å². The van der Waals surface area contributed by atoms with Gasteiger partial charge in [-0.1, -0.05) is 34.6 Å². The Hall–Kier alpha value is -1.22. The van der Waals surface area contributed by atoms with Crippen molar-refractivity contribution in [3.63, 3.8) is 0 Å². The monoisotopic (exact) mass is 388 g/mol. The lowest BCUT2D eigenvalue weighted by Crippen LogP contribution is -2.32. The molecule has 0 aromatic heterocycles. The molecule has 0 saturated carbocycles. The van der Waals surface area contributed by atoms with Crippen molar-refractivity contribution in [1.82, 2.24) is 21.7 Å². The van der Waals surface area contributed by atoms with Gasteiger partial charge in [-0.3, -0.25) is 31.3 Å². The Kier molecular flexibility index (Phi) is 14.1. The van der Waals surface area contributed by atoms with Crippen LogP contribution in [0.3, 0.4) is 0 Å². The van der Waals surface area contributed by atoms with Crippen LogP contribution in [0.15, 0.2) is 0 Å². The highest BCUT2D eigenvalue weighted by atomic mass is 16.5. The van der Waals surface area contributed by atoms with Crippen molar-refractivity contribution in [2.24, 2.45) is 17.8 Å². The fourth-order valence-electron chi connectivity index (χ4n) is 2.45. The van der Waals surface area contributed by atoms with Gasteiger partial charge in [0.15, 0.2) is 0 Å². The zero-order chi connectivity index (χ0) is 20.8. The molecule has 8 heteroatoms. The Morgan fingerprint density at radius 2 is 1.37 bits per heavy atom. The van der Waals surface area contributed by atoms with E-state index in [0.717, 1.165) is 6.42 Å². The number of hydrazine groups is 2. The van der Waals surface area contributed by atoms with Crippen LogP contribution in [0.25, 0.3) is 0 Å². The topological polar surface area (TPSA) is 101 Å². The van der Waals surface area contributed by atoms with Crippen LogP contribution in [0.5, 0.6) is 0 Å². The van der Waals surface area contributed by atoms with Crippen LogP contribution in [0, 0.1) is 17.8 Å². The van der Waals surface area contributed by atoms with E-state index in [0.29, 0.717) is 32.2 Å². The van der Waals surface area contributed by atoms with Crippen LogP contribution >= 0.6 is 0 Å². The standard InChI is InChI=1S/C9H18N2O2.C8H16N2O2.C2H6/c1-6(2)5-13-9(12)8-4-10-11-7(8)3;1-3-4-12-8(11)7-5-9-10-6(7)2;1-2/h6-8,10-11H,4-5H2,1-3H3;6-7,9-10H,3-5H2,1-2H3;1-2H3. The quantitative estimate of drug-likeness (QED) is 0.506. The van der Waals surface area contributed by atoms with Gasteiger partial charge in [0.05, 0.1) is 25.0 Å². The number of nitrogens with one attached hydrogen (secondary N) is 4. The van der Waals surface area contributed by atoms with Crippen molar-refractivity contribution in [2.45, 2.75) is 67.0 Å². The molecule has 2 fully saturated rings. The molecule has 2 rings (SSSR count). The van der Waals surface area contributed by atoms with Gasteiger partial charge in [0.2, 0.25) is 0 Å². The summed E-state index contributed by atoms with van der Waals surface area (Å²) in [5.74, 6) is 0.137. The molecule has 27 heavy (non-hydrogen) atoms. The summed E-state index contributed by atoms with van der Waals surface area (Å²) in [6.07, 6.45) is 0.883. The van der Waals surface area contributed by atoms with E-state index < -0.39 is 0 Å². The first-order valence-electron chi connectivity index (χ1n) is 10.2.